The van der Waals surface area contributed by atoms with Gasteiger partial charge >= 0.3 is 0 Å². The first-order valence-electron chi connectivity index (χ1n) is 9.11. The number of halogens is 2. The van der Waals surface area contributed by atoms with E-state index in [9.17, 15) is 4.79 Å². The number of amides is 1. The van der Waals surface area contributed by atoms with Gasteiger partial charge in [0, 0.05) is 6.54 Å². The lowest BCUT2D eigenvalue weighted by molar-refractivity contribution is -0.122. The number of hydrogen-bond donors (Lipinski definition) is 0. The second-order valence-corrected chi connectivity index (χ2v) is 8.93. The average Bonchev–Trinajstić information content (AvgIpc) is 2.97. The van der Waals surface area contributed by atoms with Crippen molar-refractivity contribution in [2.75, 3.05) is 13.2 Å². The minimum atomic E-state index is -0.0224. The van der Waals surface area contributed by atoms with E-state index in [2.05, 4.69) is 50.4 Å². The van der Waals surface area contributed by atoms with Crippen LogP contribution in [0.15, 0.2) is 74.0 Å². The molecule has 150 valence electrons. The Hall–Kier alpha value is -1.83. The summed E-state index contributed by atoms with van der Waals surface area (Å²) < 4.78 is 7.27. The van der Waals surface area contributed by atoms with Crippen molar-refractivity contribution >= 4 is 66.5 Å². The first-order chi connectivity index (χ1) is 14.0. The molecule has 0 N–H and O–H groups in total. The Kier molecular flexibility index (Phi) is 7.75. The summed E-state index contributed by atoms with van der Waals surface area (Å²) in [4.78, 5) is 20.0. The van der Waals surface area contributed by atoms with Gasteiger partial charge in [-0.15, -0.1) is 0 Å². The quantitative estimate of drug-likeness (QED) is 0.289. The van der Waals surface area contributed by atoms with Crippen LogP contribution in [0, 0.1) is 0 Å². The number of rotatable bonds is 7. The number of para-hydroxylation sites is 1. The van der Waals surface area contributed by atoms with E-state index in [4.69, 9.17) is 4.74 Å². The zero-order valence-electron chi connectivity index (χ0n) is 15.9. The van der Waals surface area contributed by atoms with Gasteiger partial charge in [-0.1, -0.05) is 37.8 Å². The van der Waals surface area contributed by atoms with Crippen molar-refractivity contribution in [2.45, 2.75) is 13.3 Å². The fraction of sp³-hybridized carbons (Fsp3) is 0.182. The molecule has 0 aromatic heterocycles. The molecule has 1 heterocycles. The fourth-order valence-electron chi connectivity index (χ4n) is 2.72. The highest BCUT2D eigenvalue weighted by Gasteiger charge is 2.32. The van der Waals surface area contributed by atoms with E-state index < -0.39 is 0 Å². The maximum Gasteiger partial charge on any atom is 0.266 e. The van der Waals surface area contributed by atoms with Gasteiger partial charge in [-0.25, -0.2) is 4.99 Å². The molecule has 2 aromatic rings. The van der Waals surface area contributed by atoms with Crippen LogP contribution in [-0.2, 0) is 4.79 Å². The van der Waals surface area contributed by atoms with E-state index in [1.54, 1.807) is 11.0 Å². The number of carbonyl (C=O) groups excluding carboxylic acids is 1. The molecule has 7 heteroatoms. The number of hydrogen-bond acceptors (Lipinski definition) is 4. The zero-order valence-corrected chi connectivity index (χ0v) is 19.9. The number of ether oxygens (including phenoxy) is 1. The Morgan fingerprint density at radius 2 is 1.90 bits per heavy atom. The van der Waals surface area contributed by atoms with Crippen LogP contribution in [0.5, 0.6) is 5.75 Å². The number of aliphatic imine (C=N–C) groups is 1. The van der Waals surface area contributed by atoms with Crippen molar-refractivity contribution in [3.63, 3.8) is 0 Å². The molecule has 1 saturated heterocycles. The molecule has 0 aliphatic carbocycles. The van der Waals surface area contributed by atoms with Crippen molar-refractivity contribution in [3.05, 3.63) is 74.5 Å². The second kappa shape index (κ2) is 10.3. The molecule has 1 aliphatic heterocycles. The van der Waals surface area contributed by atoms with Crippen LogP contribution in [0.2, 0.25) is 0 Å². The maximum absolute atomic E-state index is 13.0. The van der Waals surface area contributed by atoms with E-state index in [0.29, 0.717) is 29.0 Å². The molecule has 1 fully saturated rings. The molecule has 0 saturated carbocycles. The third-order valence-electron chi connectivity index (χ3n) is 3.98. The number of amidine groups is 1. The van der Waals surface area contributed by atoms with Gasteiger partial charge in [0.2, 0.25) is 0 Å². The molecule has 0 radical (unpaired) electrons. The third-order valence-corrected chi connectivity index (χ3v) is 6.16. The van der Waals surface area contributed by atoms with Crippen LogP contribution in [0.25, 0.3) is 6.08 Å². The van der Waals surface area contributed by atoms with Crippen molar-refractivity contribution in [1.29, 1.82) is 0 Å². The summed E-state index contributed by atoms with van der Waals surface area (Å²) in [6, 6.07) is 13.5. The van der Waals surface area contributed by atoms with Crippen molar-refractivity contribution in [1.82, 2.24) is 4.90 Å². The molecule has 0 spiro atoms. The molecule has 0 bridgehead atoms. The first kappa shape index (κ1) is 21.9. The summed E-state index contributed by atoms with van der Waals surface area (Å²) in [5.74, 6) is 0.683. The lowest BCUT2D eigenvalue weighted by Gasteiger charge is -2.13. The Balaban J connectivity index is 1.92. The summed E-state index contributed by atoms with van der Waals surface area (Å²) >= 11 is 8.48. The molecule has 3 rings (SSSR count). The van der Waals surface area contributed by atoms with Crippen LogP contribution in [0.4, 0.5) is 5.69 Å². The number of thioether (sulfide) groups is 1. The molecule has 0 atom stereocenters. The second-order valence-electron chi connectivity index (χ2n) is 6.21. The fourth-order valence-corrected chi connectivity index (χ4v) is 5.19. The van der Waals surface area contributed by atoms with Crippen molar-refractivity contribution in [2.24, 2.45) is 4.99 Å². The smallest absolute Gasteiger partial charge is 0.266 e. The van der Waals surface area contributed by atoms with E-state index >= 15 is 0 Å². The highest BCUT2D eigenvalue weighted by atomic mass is 79.9. The van der Waals surface area contributed by atoms with Crippen molar-refractivity contribution < 1.29 is 9.53 Å². The molecule has 29 heavy (non-hydrogen) atoms. The van der Waals surface area contributed by atoms with E-state index in [1.165, 1.54) is 11.8 Å². The van der Waals surface area contributed by atoms with Gasteiger partial charge in [-0.3, -0.25) is 9.69 Å². The Morgan fingerprint density at radius 1 is 1.21 bits per heavy atom. The molecule has 4 nitrogen and oxygen atoms in total. The largest absolute Gasteiger partial charge is 0.487 e. The molecule has 2 aromatic carbocycles. The first-order valence-corrected chi connectivity index (χ1v) is 11.5. The highest BCUT2D eigenvalue weighted by Crippen LogP contribution is 2.38. The number of benzene rings is 2. The zero-order chi connectivity index (χ0) is 20.8. The molecular weight excluding hydrogens is 516 g/mol. The van der Waals surface area contributed by atoms with Gasteiger partial charge in [0.25, 0.3) is 5.91 Å². The van der Waals surface area contributed by atoms with Gasteiger partial charge in [0.05, 0.1) is 19.5 Å². The summed E-state index contributed by atoms with van der Waals surface area (Å²) in [5, 5.41) is 0.707. The predicted octanol–water partition coefficient (Wildman–Crippen LogP) is 6.79. The summed E-state index contributed by atoms with van der Waals surface area (Å²) in [6.45, 7) is 6.77. The predicted molar refractivity (Wildman–Crippen MR) is 129 cm³/mol. The van der Waals surface area contributed by atoms with Crippen LogP contribution >= 0.6 is 43.6 Å². The third kappa shape index (κ3) is 5.41. The van der Waals surface area contributed by atoms with Gasteiger partial charge in [-0.2, -0.15) is 0 Å². The molecule has 0 unspecified atom stereocenters. The van der Waals surface area contributed by atoms with Gasteiger partial charge in [0.1, 0.15) is 12.4 Å². The SMILES string of the molecule is C=CCOc1c(Br)cc(/C=C2/SC(=Nc3ccccc3)N(CCC)C2=O)cc1Br. The van der Waals surface area contributed by atoms with Crippen molar-refractivity contribution in [3.8, 4) is 5.75 Å². The van der Waals surface area contributed by atoms with Gasteiger partial charge < -0.3 is 4.74 Å². The summed E-state index contributed by atoms with van der Waals surface area (Å²) in [6.07, 6.45) is 4.44. The summed E-state index contributed by atoms with van der Waals surface area (Å²) in [7, 11) is 0. The minimum Gasteiger partial charge on any atom is -0.487 e. The van der Waals surface area contributed by atoms with Crippen LogP contribution in [-0.4, -0.2) is 29.1 Å². The normalized spacial score (nSPS) is 16.7. The van der Waals surface area contributed by atoms with Gasteiger partial charge in [0.15, 0.2) is 5.17 Å². The standard InChI is InChI=1S/C22H20Br2N2O2S/c1-3-10-26-21(27)19(29-22(26)25-16-8-6-5-7-9-16)14-15-12-17(23)20(18(24)13-15)28-11-4-2/h4-9,12-14H,2-3,10-11H2,1H3/b19-14+,25-22?. The highest BCUT2D eigenvalue weighted by molar-refractivity contribution is 9.11. The van der Waals surface area contributed by atoms with E-state index in [0.717, 1.165) is 26.6 Å². The lowest BCUT2D eigenvalue weighted by Crippen LogP contribution is -2.29. The number of nitrogens with zero attached hydrogens (tertiary/aromatic N) is 2. The van der Waals surface area contributed by atoms with Crippen LogP contribution < -0.4 is 4.74 Å². The topological polar surface area (TPSA) is 41.9 Å². The monoisotopic (exact) mass is 534 g/mol. The lowest BCUT2D eigenvalue weighted by atomic mass is 10.2. The average molecular weight is 536 g/mol. The van der Waals surface area contributed by atoms with E-state index in [1.807, 2.05) is 48.5 Å². The molecule has 1 aliphatic rings. The Labute approximate surface area is 192 Å². The van der Waals surface area contributed by atoms with Crippen LogP contribution in [0.3, 0.4) is 0 Å². The Bertz CT molecular complexity index is 951. The minimum absolute atomic E-state index is 0.0224. The number of carbonyl (C=O) groups is 1. The molecule has 1 amide bonds. The van der Waals surface area contributed by atoms with Crippen LogP contribution in [0.1, 0.15) is 18.9 Å². The van der Waals surface area contributed by atoms with Gasteiger partial charge in [-0.05, 0) is 85.9 Å². The van der Waals surface area contributed by atoms with E-state index in [-0.39, 0.29) is 5.91 Å². The Morgan fingerprint density at radius 3 is 2.52 bits per heavy atom. The summed E-state index contributed by atoms with van der Waals surface area (Å²) in [5.41, 5.74) is 1.72. The maximum atomic E-state index is 13.0. The molecular formula is C22H20Br2N2O2S.